The molecule has 0 radical (unpaired) electrons. The third kappa shape index (κ3) is 2.41. The normalized spacial score (nSPS) is 14.9. The Morgan fingerprint density at radius 3 is 2.41 bits per heavy atom. The van der Waals surface area contributed by atoms with Crippen LogP contribution in [-0.2, 0) is 9.84 Å². The van der Waals surface area contributed by atoms with Crippen LogP contribution in [0.4, 0.5) is 8.78 Å². The summed E-state index contributed by atoms with van der Waals surface area (Å²) in [6.07, 6.45) is -1.22. The molecule has 22 heavy (non-hydrogen) atoms. The minimum absolute atomic E-state index is 0.00408. The van der Waals surface area contributed by atoms with Crippen LogP contribution >= 0.6 is 0 Å². The van der Waals surface area contributed by atoms with Crippen molar-refractivity contribution in [3.8, 4) is 17.2 Å². The molecule has 0 fully saturated rings. The van der Waals surface area contributed by atoms with Crippen LogP contribution < -0.4 is 9.47 Å². The molecule has 3 rings (SSSR count). The van der Waals surface area contributed by atoms with E-state index in [2.05, 4.69) is 0 Å². The van der Waals surface area contributed by atoms with Gasteiger partial charge in [0.1, 0.15) is 40.4 Å². The first kappa shape index (κ1) is 14.8. The van der Waals surface area contributed by atoms with E-state index in [0.717, 1.165) is 0 Å². The lowest BCUT2D eigenvalue weighted by atomic mass is 10.3. The molecule has 2 aromatic carbocycles. The number of sulfone groups is 1. The fraction of sp³-hybridized carbons (Fsp3) is 0.200. The Bertz CT molecular complexity index is 801. The van der Waals surface area contributed by atoms with E-state index >= 15 is 0 Å². The highest BCUT2D eigenvalue weighted by atomic mass is 32.2. The van der Waals surface area contributed by atoms with Crippen molar-refractivity contribution in [1.29, 1.82) is 0 Å². The van der Waals surface area contributed by atoms with Gasteiger partial charge in [0, 0.05) is 6.07 Å². The summed E-state index contributed by atoms with van der Waals surface area (Å²) in [6.45, 7) is -1.95. The third-order valence-electron chi connectivity index (χ3n) is 3.21. The molecule has 0 amide bonds. The van der Waals surface area contributed by atoms with Gasteiger partial charge in [0.2, 0.25) is 9.84 Å². The topological polar surface area (TPSA) is 52.6 Å². The van der Waals surface area contributed by atoms with Gasteiger partial charge in [-0.3, -0.25) is 0 Å². The van der Waals surface area contributed by atoms with Gasteiger partial charge in [-0.1, -0.05) is 12.1 Å². The molecule has 2 aromatic rings. The average molecular weight is 326 g/mol. The summed E-state index contributed by atoms with van der Waals surface area (Å²) >= 11 is 0. The highest BCUT2D eigenvalue weighted by Crippen LogP contribution is 2.43. The zero-order valence-electron chi connectivity index (χ0n) is 11.3. The van der Waals surface area contributed by atoms with Crippen molar-refractivity contribution in [1.82, 2.24) is 0 Å². The van der Waals surface area contributed by atoms with Crippen LogP contribution in [0.1, 0.15) is 0 Å². The summed E-state index contributed by atoms with van der Waals surface area (Å²) < 4.78 is 60.7. The SMILES string of the molecule is O=S1(=O)c2ccccc2Oc2cc(OC(CF)CF)ccc21. The van der Waals surface area contributed by atoms with Crippen molar-refractivity contribution < 1.29 is 26.7 Å². The number of benzene rings is 2. The number of rotatable bonds is 4. The lowest BCUT2D eigenvalue weighted by Gasteiger charge is -2.21. The van der Waals surface area contributed by atoms with Crippen LogP contribution in [0.2, 0.25) is 0 Å². The van der Waals surface area contributed by atoms with E-state index in [1.807, 2.05) is 0 Å². The van der Waals surface area contributed by atoms with Crippen molar-refractivity contribution in [3.63, 3.8) is 0 Å². The van der Waals surface area contributed by atoms with E-state index in [9.17, 15) is 17.2 Å². The van der Waals surface area contributed by atoms with E-state index in [4.69, 9.17) is 9.47 Å². The molecule has 0 aromatic heterocycles. The van der Waals surface area contributed by atoms with Crippen LogP contribution in [0.5, 0.6) is 17.2 Å². The molecule has 116 valence electrons. The second-order valence-electron chi connectivity index (χ2n) is 4.71. The number of alkyl halides is 2. The summed E-state index contributed by atoms with van der Waals surface area (Å²) in [6, 6.07) is 10.2. The number of para-hydroxylation sites is 1. The molecular weight excluding hydrogens is 314 g/mol. The van der Waals surface area contributed by atoms with Gasteiger partial charge >= 0.3 is 0 Å². The Hall–Kier alpha value is -2.15. The first-order valence-corrected chi connectivity index (χ1v) is 7.99. The van der Waals surface area contributed by atoms with Gasteiger partial charge in [0.25, 0.3) is 0 Å². The molecule has 0 unspecified atom stereocenters. The highest BCUT2D eigenvalue weighted by molar-refractivity contribution is 7.91. The molecule has 7 heteroatoms. The van der Waals surface area contributed by atoms with Gasteiger partial charge in [-0.15, -0.1) is 0 Å². The lowest BCUT2D eigenvalue weighted by molar-refractivity contribution is 0.133. The smallest absolute Gasteiger partial charge is 0.213 e. The zero-order valence-corrected chi connectivity index (χ0v) is 12.1. The maximum absolute atomic E-state index is 12.5. The minimum atomic E-state index is -3.69. The van der Waals surface area contributed by atoms with Crippen LogP contribution in [0, 0.1) is 0 Å². The number of halogens is 2. The van der Waals surface area contributed by atoms with Gasteiger partial charge in [0.05, 0.1) is 0 Å². The van der Waals surface area contributed by atoms with Gasteiger partial charge in [0.15, 0.2) is 6.10 Å². The molecule has 0 saturated heterocycles. The summed E-state index contributed by atoms with van der Waals surface area (Å²) in [7, 11) is -3.69. The van der Waals surface area contributed by atoms with E-state index < -0.39 is 29.3 Å². The average Bonchev–Trinajstić information content (AvgIpc) is 2.52. The molecule has 0 spiro atoms. The first-order valence-electron chi connectivity index (χ1n) is 6.51. The number of hydrogen-bond donors (Lipinski definition) is 0. The van der Waals surface area contributed by atoms with Crippen molar-refractivity contribution in [2.45, 2.75) is 15.9 Å². The zero-order chi connectivity index (χ0) is 15.7. The molecule has 1 aliphatic rings. The molecule has 1 aliphatic heterocycles. The molecular formula is C15H12F2O4S. The molecule has 0 N–H and O–H groups in total. The summed E-state index contributed by atoms with van der Waals surface area (Å²) in [4.78, 5) is 0.0807. The molecule has 0 aliphatic carbocycles. The van der Waals surface area contributed by atoms with Crippen LogP contribution in [0.15, 0.2) is 52.3 Å². The fourth-order valence-electron chi connectivity index (χ4n) is 2.15. The van der Waals surface area contributed by atoms with Gasteiger partial charge in [-0.2, -0.15) is 0 Å². The second-order valence-corrected chi connectivity index (χ2v) is 6.60. The molecule has 0 bridgehead atoms. The quantitative estimate of drug-likeness (QED) is 0.738. The van der Waals surface area contributed by atoms with Crippen molar-refractivity contribution >= 4 is 9.84 Å². The van der Waals surface area contributed by atoms with Crippen molar-refractivity contribution in [3.05, 3.63) is 42.5 Å². The van der Waals surface area contributed by atoms with Crippen molar-refractivity contribution in [2.24, 2.45) is 0 Å². The molecule has 0 atom stereocenters. The molecule has 0 saturated carbocycles. The number of fused-ring (bicyclic) bond motifs is 2. The minimum Gasteiger partial charge on any atom is -0.485 e. The van der Waals surface area contributed by atoms with E-state index in [1.165, 1.54) is 30.3 Å². The Labute approximate surface area is 126 Å². The third-order valence-corrected chi connectivity index (χ3v) is 5.04. The summed E-state index contributed by atoms with van der Waals surface area (Å²) in [5, 5.41) is 0. The predicted octanol–water partition coefficient (Wildman–Crippen LogP) is 3.31. The van der Waals surface area contributed by atoms with Gasteiger partial charge in [-0.05, 0) is 24.3 Å². The molecule has 4 nitrogen and oxygen atoms in total. The standard InChI is InChI=1S/C15H12F2O4S/c16-8-11(9-17)20-10-5-6-15-13(7-10)21-12-3-1-2-4-14(12)22(15,18)19/h1-7,11H,8-9H2. The Balaban J connectivity index is 2.02. The summed E-state index contributed by atoms with van der Waals surface area (Å²) in [5.74, 6) is 0.431. The lowest BCUT2D eigenvalue weighted by Crippen LogP contribution is -2.21. The monoisotopic (exact) mass is 326 g/mol. The fourth-order valence-corrected chi connectivity index (χ4v) is 3.64. The van der Waals surface area contributed by atoms with Crippen LogP contribution in [0.25, 0.3) is 0 Å². The molecule has 1 heterocycles. The van der Waals surface area contributed by atoms with Crippen LogP contribution in [0.3, 0.4) is 0 Å². The Morgan fingerprint density at radius 1 is 1.00 bits per heavy atom. The second kappa shape index (κ2) is 5.57. The Kier molecular flexibility index (Phi) is 3.74. The first-order chi connectivity index (χ1) is 10.6. The largest absolute Gasteiger partial charge is 0.485 e. The number of ether oxygens (including phenoxy) is 2. The van der Waals surface area contributed by atoms with E-state index in [-0.39, 0.29) is 27.0 Å². The Morgan fingerprint density at radius 2 is 1.68 bits per heavy atom. The van der Waals surface area contributed by atoms with Crippen molar-refractivity contribution in [2.75, 3.05) is 13.3 Å². The van der Waals surface area contributed by atoms with Gasteiger partial charge in [-0.25, -0.2) is 17.2 Å². The van der Waals surface area contributed by atoms with E-state index in [1.54, 1.807) is 12.1 Å². The van der Waals surface area contributed by atoms with E-state index in [0.29, 0.717) is 0 Å². The number of hydrogen-bond acceptors (Lipinski definition) is 4. The summed E-state index contributed by atoms with van der Waals surface area (Å²) in [5.41, 5.74) is 0. The van der Waals surface area contributed by atoms with Gasteiger partial charge < -0.3 is 9.47 Å². The maximum atomic E-state index is 12.5. The highest BCUT2D eigenvalue weighted by Gasteiger charge is 2.31. The predicted molar refractivity (Wildman–Crippen MR) is 74.8 cm³/mol. The maximum Gasteiger partial charge on any atom is 0.213 e. The van der Waals surface area contributed by atoms with Crippen LogP contribution in [-0.4, -0.2) is 27.9 Å².